The molecule has 2 heterocycles. The van der Waals surface area contributed by atoms with Gasteiger partial charge in [-0.15, -0.1) is 0 Å². The van der Waals surface area contributed by atoms with E-state index in [1.54, 1.807) is 6.20 Å². The van der Waals surface area contributed by atoms with E-state index in [0.717, 1.165) is 23.2 Å². The lowest BCUT2D eigenvalue weighted by Gasteiger charge is -2.06. The molecule has 0 spiro atoms. The van der Waals surface area contributed by atoms with Gasteiger partial charge >= 0.3 is 0 Å². The Labute approximate surface area is 100 Å². The van der Waals surface area contributed by atoms with Crippen LogP contribution >= 0.6 is 0 Å². The lowest BCUT2D eigenvalue weighted by atomic mass is 10.1. The summed E-state index contributed by atoms with van der Waals surface area (Å²) in [6, 6.07) is 2.05. The monoisotopic (exact) mass is 229 g/mol. The summed E-state index contributed by atoms with van der Waals surface area (Å²) < 4.78 is 0. The minimum absolute atomic E-state index is 0.244. The lowest BCUT2D eigenvalue weighted by molar-refractivity contribution is 0.907. The van der Waals surface area contributed by atoms with Gasteiger partial charge in [-0.1, -0.05) is 13.0 Å². The molecule has 0 aliphatic carbocycles. The summed E-state index contributed by atoms with van der Waals surface area (Å²) in [6.45, 7) is 5.97. The van der Waals surface area contributed by atoms with E-state index in [1.165, 1.54) is 0 Å². The zero-order valence-corrected chi connectivity index (χ0v) is 10.2. The van der Waals surface area contributed by atoms with Gasteiger partial charge in [0.2, 0.25) is 5.95 Å². The zero-order chi connectivity index (χ0) is 12.4. The third-order valence-corrected chi connectivity index (χ3v) is 2.44. The topological polar surface area (TPSA) is 77.6 Å². The molecule has 0 fully saturated rings. The van der Waals surface area contributed by atoms with Gasteiger partial charge in [-0.25, -0.2) is 4.98 Å². The first kappa shape index (κ1) is 11.4. The van der Waals surface area contributed by atoms with E-state index in [-0.39, 0.29) is 5.95 Å². The van der Waals surface area contributed by atoms with Crippen LogP contribution in [0.25, 0.3) is 11.5 Å². The van der Waals surface area contributed by atoms with Gasteiger partial charge in [0.15, 0.2) is 5.82 Å². The fraction of sp³-hybridized carbons (Fsp3) is 0.333. The van der Waals surface area contributed by atoms with Crippen LogP contribution in [-0.4, -0.2) is 19.9 Å². The average Bonchev–Trinajstić information content (AvgIpc) is 2.28. The van der Waals surface area contributed by atoms with Gasteiger partial charge in [-0.3, -0.25) is 4.98 Å². The highest BCUT2D eigenvalue weighted by Gasteiger charge is 2.09. The summed E-state index contributed by atoms with van der Waals surface area (Å²) in [5.74, 6) is 1.48. The summed E-state index contributed by atoms with van der Waals surface area (Å²) in [5, 5.41) is 0. The van der Waals surface area contributed by atoms with Crippen molar-refractivity contribution in [2.24, 2.45) is 0 Å². The van der Waals surface area contributed by atoms with E-state index < -0.39 is 0 Å². The van der Waals surface area contributed by atoms with Gasteiger partial charge in [0.1, 0.15) is 11.5 Å². The maximum atomic E-state index is 5.66. The second kappa shape index (κ2) is 4.45. The average molecular weight is 229 g/mol. The second-order valence-corrected chi connectivity index (χ2v) is 3.97. The maximum absolute atomic E-state index is 5.66. The summed E-state index contributed by atoms with van der Waals surface area (Å²) in [4.78, 5) is 16.9. The number of rotatable bonds is 2. The molecular weight excluding hydrogens is 214 g/mol. The molecule has 2 rings (SSSR count). The molecule has 0 amide bonds. The normalized spacial score (nSPS) is 10.5. The molecule has 2 aromatic rings. The Morgan fingerprint density at radius 3 is 2.59 bits per heavy atom. The molecule has 2 N–H and O–H groups in total. The first-order valence-electron chi connectivity index (χ1n) is 5.54. The van der Waals surface area contributed by atoms with Gasteiger partial charge in [0.25, 0.3) is 0 Å². The minimum atomic E-state index is 0.244. The Balaban J connectivity index is 2.55. The van der Waals surface area contributed by atoms with Crippen LogP contribution in [0.3, 0.4) is 0 Å². The summed E-state index contributed by atoms with van der Waals surface area (Å²) in [6.07, 6.45) is 2.53. The third-order valence-electron chi connectivity index (χ3n) is 2.44. The number of nitrogens with zero attached hydrogens (tertiary/aromatic N) is 4. The van der Waals surface area contributed by atoms with Crippen molar-refractivity contribution in [2.75, 3.05) is 5.73 Å². The van der Waals surface area contributed by atoms with Crippen molar-refractivity contribution in [3.05, 3.63) is 29.2 Å². The fourth-order valence-corrected chi connectivity index (χ4v) is 1.65. The number of nitrogens with two attached hydrogens (primary N) is 1. The van der Waals surface area contributed by atoms with Crippen LogP contribution in [0.4, 0.5) is 5.95 Å². The molecule has 0 saturated heterocycles. The molecule has 5 heteroatoms. The van der Waals surface area contributed by atoms with Crippen molar-refractivity contribution in [1.29, 1.82) is 0 Å². The standard InChI is InChI=1S/C12H15N5/c1-4-9-15-11(17-12(13)16-9)10-8(3)5-7(2)6-14-10/h5-6H,4H2,1-3H3,(H2,13,15,16,17). The second-order valence-electron chi connectivity index (χ2n) is 3.97. The van der Waals surface area contributed by atoms with Gasteiger partial charge < -0.3 is 5.73 Å². The fourth-order valence-electron chi connectivity index (χ4n) is 1.65. The Bertz CT molecular complexity index is 551. The Hall–Kier alpha value is -2.04. The Morgan fingerprint density at radius 1 is 1.18 bits per heavy atom. The predicted octanol–water partition coefficient (Wildman–Crippen LogP) is 1.70. The molecule has 0 saturated carbocycles. The lowest BCUT2D eigenvalue weighted by Crippen LogP contribution is -2.05. The number of aromatic nitrogens is 4. The number of anilines is 1. The van der Waals surface area contributed by atoms with Crippen LogP contribution in [0.15, 0.2) is 12.3 Å². The van der Waals surface area contributed by atoms with Crippen molar-refractivity contribution in [3.63, 3.8) is 0 Å². The van der Waals surface area contributed by atoms with E-state index >= 15 is 0 Å². The number of hydrogen-bond donors (Lipinski definition) is 1. The molecule has 88 valence electrons. The largest absolute Gasteiger partial charge is 0.368 e. The van der Waals surface area contributed by atoms with E-state index in [4.69, 9.17) is 5.73 Å². The maximum Gasteiger partial charge on any atom is 0.223 e. The highest BCUT2D eigenvalue weighted by atomic mass is 15.1. The van der Waals surface area contributed by atoms with E-state index in [1.807, 2.05) is 26.8 Å². The highest BCUT2D eigenvalue weighted by Crippen LogP contribution is 2.18. The first-order valence-corrected chi connectivity index (χ1v) is 5.54. The molecule has 0 radical (unpaired) electrons. The van der Waals surface area contributed by atoms with Gasteiger partial charge in [0, 0.05) is 12.6 Å². The number of aryl methyl sites for hydroxylation is 3. The van der Waals surface area contributed by atoms with Crippen molar-refractivity contribution in [1.82, 2.24) is 19.9 Å². The van der Waals surface area contributed by atoms with Crippen LogP contribution in [0.5, 0.6) is 0 Å². The Morgan fingerprint density at radius 2 is 1.94 bits per heavy atom. The quantitative estimate of drug-likeness (QED) is 0.848. The first-order chi connectivity index (χ1) is 8.10. The summed E-state index contributed by atoms with van der Waals surface area (Å²) in [5.41, 5.74) is 8.58. The number of nitrogen functional groups attached to an aromatic ring is 1. The molecule has 2 aromatic heterocycles. The minimum Gasteiger partial charge on any atom is -0.368 e. The van der Waals surface area contributed by atoms with Crippen LogP contribution in [0.2, 0.25) is 0 Å². The third kappa shape index (κ3) is 2.38. The van der Waals surface area contributed by atoms with Crippen molar-refractivity contribution < 1.29 is 0 Å². The predicted molar refractivity (Wildman–Crippen MR) is 66.3 cm³/mol. The van der Waals surface area contributed by atoms with E-state index in [2.05, 4.69) is 19.9 Å². The molecule has 0 aromatic carbocycles. The van der Waals surface area contributed by atoms with Crippen molar-refractivity contribution in [3.8, 4) is 11.5 Å². The van der Waals surface area contributed by atoms with Crippen LogP contribution in [0, 0.1) is 13.8 Å². The molecular formula is C12H15N5. The molecule has 0 unspecified atom stereocenters. The zero-order valence-electron chi connectivity index (χ0n) is 10.2. The van der Waals surface area contributed by atoms with E-state index in [9.17, 15) is 0 Å². The van der Waals surface area contributed by atoms with Crippen molar-refractivity contribution in [2.45, 2.75) is 27.2 Å². The molecule has 0 bridgehead atoms. The molecule has 0 aliphatic rings. The number of pyridine rings is 1. The SMILES string of the molecule is CCc1nc(N)nc(-c2ncc(C)cc2C)n1. The van der Waals surface area contributed by atoms with Crippen LogP contribution in [-0.2, 0) is 6.42 Å². The van der Waals surface area contributed by atoms with Gasteiger partial charge in [-0.2, -0.15) is 9.97 Å². The van der Waals surface area contributed by atoms with Gasteiger partial charge in [0.05, 0.1) is 0 Å². The summed E-state index contributed by atoms with van der Waals surface area (Å²) >= 11 is 0. The van der Waals surface area contributed by atoms with Crippen LogP contribution in [0.1, 0.15) is 23.9 Å². The molecule has 17 heavy (non-hydrogen) atoms. The van der Waals surface area contributed by atoms with Gasteiger partial charge in [-0.05, 0) is 25.0 Å². The van der Waals surface area contributed by atoms with Crippen LogP contribution < -0.4 is 5.73 Å². The van der Waals surface area contributed by atoms with Crippen molar-refractivity contribution >= 4 is 5.95 Å². The Kier molecular flexibility index (Phi) is 2.99. The molecule has 0 atom stereocenters. The van der Waals surface area contributed by atoms with E-state index in [0.29, 0.717) is 11.6 Å². The smallest absolute Gasteiger partial charge is 0.223 e. The highest BCUT2D eigenvalue weighted by molar-refractivity contribution is 5.55. The molecule has 0 aliphatic heterocycles. The molecule has 5 nitrogen and oxygen atoms in total. The summed E-state index contributed by atoms with van der Waals surface area (Å²) in [7, 11) is 0. The number of hydrogen-bond acceptors (Lipinski definition) is 5.